The molecule has 0 aliphatic carbocycles. The Balaban J connectivity index is 2.97. The number of rotatable bonds is 18. The zero-order valence-corrected chi connectivity index (χ0v) is 23.7. The van der Waals surface area contributed by atoms with E-state index in [2.05, 4.69) is 21.3 Å². The Bertz CT molecular complexity index is 935. The number of nitrogens with one attached hydrogen (secondary N) is 4. The van der Waals surface area contributed by atoms with Crippen molar-refractivity contribution in [1.29, 1.82) is 0 Å². The molecule has 1 rings (SSSR count). The van der Waals surface area contributed by atoms with Crippen LogP contribution in [0.25, 0.3) is 0 Å². The molecular weight excluding hydrogens is 524 g/mol. The molecule has 1 aromatic rings. The standard InChI is InChI=1S/C26H42N6O6S/c1-4-38-26(37)32-21(16-18-10-6-5-7-11-18)25(36)31-20(12-8-9-14-27)24(35)29-17(2)23(34)30-19(22(28)33)13-15-39-3/h5-7,10-11,17,19-21H,4,8-9,12-16,27H2,1-3H3,(H2,28,33)(H,29,35)(H,30,34)(H,31,36)(H,32,37)/t17-,19-,20-,21-/m0/s1. The molecule has 0 aliphatic rings. The molecule has 0 radical (unpaired) electrons. The Hall–Kier alpha value is -3.32. The molecular formula is C26H42N6O6S. The molecule has 0 aromatic heterocycles. The van der Waals surface area contributed by atoms with Crippen LogP contribution in [0.2, 0.25) is 0 Å². The van der Waals surface area contributed by atoms with Gasteiger partial charge in [0.15, 0.2) is 0 Å². The quantitative estimate of drug-likeness (QED) is 0.135. The van der Waals surface area contributed by atoms with Crippen LogP contribution in [0.5, 0.6) is 0 Å². The summed E-state index contributed by atoms with van der Waals surface area (Å²) in [5, 5.41) is 10.4. The van der Waals surface area contributed by atoms with E-state index in [9.17, 15) is 24.0 Å². The lowest BCUT2D eigenvalue weighted by Crippen LogP contribution is -2.57. The number of benzene rings is 1. The van der Waals surface area contributed by atoms with Gasteiger partial charge in [0.1, 0.15) is 24.2 Å². The van der Waals surface area contributed by atoms with Crippen LogP contribution in [0.4, 0.5) is 4.79 Å². The lowest BCUT2D eigenvalue weighted by atomic mass is 10.0. The largest absolute Gasteiger partial charge is 0.450 e. The fourth-order valence-corrected chi connectivity index (χ4v) is 4.08. The topological polar surface area (TPSA) is 195 Å². The van der Waals surface area contributed by atoms with Crippen molar-refractivity contribution in [2.24, 2.45) is 11.5 Å². The molecule has 0 saturated heterocycles. The first-order chi connectivity index (χ1) is 18.6. The summed E-state index contributed by atoms with van der Waals surface area (Å²) in [6, 6.07) is 5.23. The number of ether oxygens (including phenoxy) is 1. The third-order valence-electron chi connectivity index (χ3n) is 5.77. The van der Waals surface area contributed by atoms with E-state index in [1.54, 1.807) is 6.92 Å². The summed E-state index contributed by atoms with van der Waals surface area (Å²) in [6.07, 6.45) is 3.08. The number of unbranched alkanes of at least 4 members (excludes halogenated alkanes) is 1. The van der Waals surface area contributed by atoms with Crippen molar-refractivity contribution in [3.05, 3.63) is 35.9 Å². The molecule has 12 nitrogen and oxygen atoms in total. The SMILES string of the molecule is CCOC(=O)N[C@@H](Cc1ccccc1)C(=O)N[C@@H](CCCCN)C(=O)N[C@@H](C)C(=O)N[C@@H](CCSC)C(N)=O. The van der Waals surface area contributed by atoms with Crippen LogP contribution < -0.4 is 32.7 Å². The molecule has 0 fully saturated rings. The van der Waals surface area contributed by atoms with Crippen LogP contribution >= 0.6 is 11.8 Å². The van der Waals surface area contributed by atoms with Crippen molar-refractivity contribution in [2.45, 2.75) is 70.1 Å². The Labute approximate surface area is 234 Å². The first-order valence-corrected chi connectivity index (χ1v) is 14.4. The van der Waals surface area contributed by atoms with E-state index in [0.717, 1.165) is 5.56 Å². The minimum absolute atomic E-state index is 0.128. The molecule has 0 bridgehead atoms. The number of carbonyl (C=O) groups is 5. The summed E-state index contributed by atoms with van der Waals surface area (Å²) in [6.45, 7) is 3.66. The maximum atomic E-state index is 13.3. The van der Waals surface area contributed by atoms with Crippen molar-refractivity contribution in [3.8, 4) is 0 Å². The highest BCUT2D eigenvalue weighted by Gasteiger charge is 2.29. The van der Waals surface area contributed by atoms with Gasteiger partial charge in [-0.2, -0.15) is 11.8 Å². The van der Waals surface area contributed by atoms with E-state index >= 15 is 0 Å². The molecule has 5 amide bonds. The molecule has 0 heterocycles. The molecule has 8 N–H and O–H groups in total. The number of amides is 5. The second kappa shape index (κ2) is 18.9. The molecule has 0 aliphatic heterocycles. The second-order valence-corrected chi connectivity index (χ2v) is 9.91. The smallest absolute Gasteiger partial charge is 0.407 e. The number of carbonyl (C=O) groups excluding carboxylic acids is 5. The average molecular weight is 567 g/mol. The Morgan fingerprint density at radius 1 is 0.872 bits per heavy atom. The highest BCUT2D eigenvalue weighted by molar-refractivity contribution is 7.98. The Kier molecular flexibility index (Phi) is 16.3. The van der Waals surface area contributed by atoms with Gasteiger partial charge in [0.25, 0.3) is 0 Å². The van der Waals surface area contributed by atoms with E-state index in [1.165, 1.54) is 18.7 Å². The first-order valence-electron chi connectivity index (χ1n) is 13.0. The van der Waals surface area contributed by atoms with E-state index in [1.807, 2.05) is 36.6 Å². The summed E-state index contributed by atoms with van der Waals surface area (Å²) in [5.41, 5.74) is 11.8. The highest BCUT2D eigenvalue weighted by Crippen LogP contribution is 2.07. The summed E-state index contributed by atoms with van der Waals surface area (Å²) >= 11 is 1.51. The van der Waals surface area contributed by atoms with Crippen LogP contribution in [0, 0.1) is 0 Å². The monoisotopic (exact) mass is 566 g/mol. The van der Waals surface area contributed by atoms with Gasteiger partial charge in [0.05, 0.1) is 6.61 Å². The molecule has 218 valence electrons. The minimum Gasteiger partial charge on any atom is -0.450 e. The lowest BCUT2D eigenvalue weighted by molar-refractivity contribution is -0.133. The molecule has 0 unspecified atom stereocenters. The van der Waals surface area contributed by atoms with Crippen LogP contribution in [0.15, 0.2) is 30.3 Å². The minimum atomic E-state index is -1.01. The number of hydrogen-bond acceptors (Lipinski definition) is 8. The number of primary amides is 1. The summed E-state index contributed by atoms with van der Waals surface area (Å²) < 4.78 is 4.94. The van der Waals surface area contributed by atoms with Gasteiger partial charge in [-0.1, -0.05) is 30.3 Å². The average Bonchev–Trinajstić information content (AvgIpc) is 2.90. The van der Waals surface area contributed by atoms with Crippen molar-refractivity contribution in [1.82, 2.24) is 21.3 Å². The third-order valence-corrected chi connectivity index (χ3v) is 6.41. The van der Waals surface area contributed by atoms with Crippen LogP contribution in [0.3, 0.4) is 0 Å². The zero-order chi connectivity index (χ0) is 29.2. The van der Waals surface area contributed by atoms with Gasteiger partial charge in [0, 0.05) is 6.42 Å². The van der Waals surface area contributed by atoms with E-state index in [-0.39, 0.29) is 19.4 Å². The molecule has 13 heteroatoms. The van der Waals surface area contributed by atoms with Gasteiger partial charge in [-0.3, -0.25) is 19.2 Å². The fraction of sp³-hybridized carbons (Fsp3) is 0.577. The van der Waals surface area contributed by atoms with Gasteiger partial charge >= 0.3 is 6.09 Å². The third kappa shape index (κ3) is 13.3. The fourth-order valence-electron chi connectivity index (χ4n) is 3.61. The Morgan fingerprint density at radius 2 is 1.51 bits per heavy atom. The van der Waals surface area contributed by atoms with Crippen LogP contribution in [0.1, 0.15) is 45.1 Å². The van der Waals surface area contributed by atoms with E-state index < -0.39 is 53.9 Å². The maximum absolute atomic E-state index is 13.3. The van der Waals surface area contributed by atoms with Crippen molar-refractivity contribution in [2.75, 3.05) is 25.2 Å². The highest BCUT2D eigenvalue weighted by atomic mass is 32.2. The van der Waals surface area contributed by atoms with E-state index in [4.69, 9.17) is 16.2 Å². The number of hydrogen-bond donors (Lipinski definition) is 6. The van der Waals surface area contributed by atoms with Gasteiger partial charge in [0.2, 0.25) is 23.6 Å². The number of thioether (sulfide) groups is 1. The summed E-state index contributed by atoms with van der Waals surface area (Å²) in [5.74, 6) is -1.79. The lowest BCUT2D eigenvalue weighted by Gasteiger charge is -2.25. The predicted octanol–water partition coefficient (Wildman–Crippen LogP) is 0.186. The molecule has 1 aromatic carbocycles. The predicted molar refractivity (Wildman–Crippen MR) is 151 cm³/mol. The Morgan fingerprint density at radius 3 is 2.10 bits per heavy atom. The molecule has 0 saturated carbocycles. The van der Waals surface area contributed by atoms with Gasteiger partial charge in [-0.05, 0) is 63.6 Å². The maximum Gasteiger partial charge on any atom is 0.407 e. The van der Waals surface area contributed by atoms with Gasteiger partial charge < -0.3 is 37.5 Å². The van der Waals surface area contributed by atoms with Gasteiger partial charge in [-0.15, -0.1) is 0 Å². The van der Waals surface area contributed by atoms with Crippen molar-refractivity contribution < 1.29 is 28.7 Å². The summed E-state index contributed by atoms with van der Waals surface area (Å²) in [7, 11) is 0. The summed E-state index contributed by atoms with van der Waals surface area (Å²) in [4.78, 5) is 62.9. The zero-order valence-electron chi connectivity index (χ0n) is 22.9. The normalized spacial score (nSPS) is 13.7. The van der Waals surface area contributed by atoms with Crippen molar-refractivity contribution >= 4 is 41.5 Å². The number of nitrogens with two attached hydrogens (primary N) is 2. The van der Waals surface area contributed by atoms with Crippen molar-refractivity contribution in [3.63, 3.8) is 0 Å². The van der Waals surface area contributed by atoms with Crippen LogP contribution in [-0.4, -0.2) is 79.0 Å². The van der Waals surface area contributed by atoms with E-state index in [0.29, 0.717) is 31.6 Å². The van der Waals surface area contributed by atoms with Crippen LogP contribution in [-0.2, 0) is 30.3 Å². The second-order valence-electron chi connectivity index (χ2n) is 8.93. The first kappa shape index (κ1) is 33.7. The molecule has 4 atom stereocenters. The number of alkyl carbamates (subject to hydrolysis) is 1. The molecule has 39 heavy (non-hydrogen) atoms. The molecule has 0 spiro atoms. The van der Waals surface area contributed by atoms with Gasteiger partial charge in [-0.25, -0.2) is 4.79 Å².